The van der Waals surface area contributed by atoms with E-state index in [1.807, 2.05) is 48.5 Å². The summed E-state index contributed by atoms with van der Waals surface area (Å²) in [4.78, 5) is 37.5. The van der Waals surface area contributed by atoms with Gasteiger partial charge in [-0.15, -0.1) is 0 Å². The Morgan fingerprint density at radius 2 is 1.53 bits per heavy atom. The molecule has 0 atom stereocenters. The van der Waals surface area contributed by atoms with Crippen molar-refractivity contribution in [3.05, 3.63) is 106 Å². The maximum Gasteiger partial charge on any atom is 0.338 e. The summed E-state index contributed by atoms with van der Waals surface area (Å²) in [5, 5.41) is 11.3. The number of rotatable bonds is 7. The predicted molar refractivity (Wildman–Crippen MR) is 113 cm³/mol. The number of hydrogen-bond acceptors (Lipinski definition) is 5. The van der Waals surface area contributed by atoms with Gasteiger partial charge in [0.2, 0.25) is 0 Å². The van der Waals surface area contributed by atoms with Crippen LogP contribution in [0.2, 0.25) is 0 Å². The molecule has 0 aliphatic heterocycles. The third kappa shape index (κ3) is 4.88. The van der Waals surface area contributed by atoms with E-state index in [1.54, 1.807) is 17.0 Å². The normalized spacial score (nSPS) is 10.3. The summed E-state index contributed by atoms with van der Waals surface area (Å²) < 4.78 is 4.67. The van der Waals surface area contributed by atoms with Crippen LogP contribution in [0.1, 0.15) is 26.3 Å². The van der Waals surface area contributed by atoms with Gasteiger partial charge in [-0.2, -0.15) is 0 Å². The molecule has 0 aromatic heterocycles. The van der Waals surface area contributed by atoms with Crippen molar-refractivity contribution in [2.24, 2.45) is 0 Å². The van der Waals surface area contributed by atoms with Gasteiger partial charge in [0.05, 0.1) is 17.6 Å². The van der Waals surface area contributed by atoms with Gasteiger partial charge in [0.1, 0.15) is 0 Å². The number of carbonyl (C=O) groups is 2. The highest BCUT2D eigenvalue weighted by Crippen LogP contribution is 2.23. The summed E-state index contributed by atoms with van der Waals surface area (Å²) in [7, 11) is 1.18. The molecule has 0 unspecified atom stereocenters. The Morgan fingerprint density at radius 1 is 0.933 bits per heavy atom. The van der Waals surface area contributed by atoms with Crippen LogP contribution in [-0.4, -0.2) is 30.5 Å². The molecule has 30 heavy (non-hydrogen) atoms. The van der Waals surface area contributed by atoms with Crippen molar-refractivity contribution in [3.63, 3.8) is 0 Å². The van der Waals surface area contributed by atoms with E-state index in [-0.39, 0.29) is 16.8 Å². The molecule has 152 valence electrons. The Morgan fingerprint density at radius 3 is 2.13 bits per heavy atom. The summed E-state index contributed by atoms with van der Waals surface area (Å²) in [6.45, 7) is 0.364. The van der Waals surface area contributed by atoms with E-state index in [0.29, 0.717) is 18.7 Å². The Kier molecular flexibility index (Phi) is 6.54. The molecule has 0 fully saturated rings. The maximum absolute atomic E-state index is 13.4. The number of anilines is 1. The van der Waals surface area contributed by atoms with Gasteiger partial charge < -0.3 is 9.64 Å². The Labute approximate surface area is 173 Å². The molecule has 0 radical (unpaired) electrons. The van der Waals surface area contributed by atoms with Crippen LogP contribution in [-0.2, 0) is 11.2 Å². The summed E-state index contributed by atoms with van der Waals surface area (Å²) in [5.41, 5.74) is 1.36. The molecule has 0 bridgehead atoms. The molecule has 0 aliphatic carbocycles. The fourth-order valence-electron chi connectivity index (χ4n) is 3.07. The van der Waals surface area contributed by atoms with E-state index >= 15 is 0 Å². The number of non-ortho nitro benzene ring substituents is 1. The number of esters is 1. The molecule has 3 aromatic carbocycles. The van der Waals surface area contributed by atoms with E-state index in [9.17, 15) is 19.7 Å². The van der Waals surface area contributed by atoms with E-state index in [4.69, 9.17) is 0 Å². The zero-order valence-corrected chi connectivity index (χ0v) is 16.4. The standard InChI is InChI=1S/C23H20N2O5/c1-30-23(27)19-14-18(15-21(16-19)25(28)29)22(26)24(20-10-6-3-7-11-20)13-12-17-8-4-2-5-9-17/h2-11,14-16H,12-13H2,1H3. The molecule has 0 spiro atoms. The molecule has 0 N–H and O–H groups in total. The monoisotopic (exact) mass is 404 g/mol. The number of nitro groups is 1. The molecule has 7 nitrogen and oxygen atoms in total. The van der Waals surface area contributed by atoms with Crippen LogP contribution in [0.15, 0.2) is 78.9 Å². The topological polar surface area (TPSA) is 89.8 Å². The second-order valence-corrected chi connectivity index (χ2v) is 6.55. The van der Waals surface area contributed by atoms with Crippen molar-refractivity contribution in [3.8, 4) is 0 Å². The highest BCUT2D eigenvalue weighted by Gasteiger charge is 2.23. The van der Waals surface area contributed by atoms with E-state index in [2.05, 4.69) is 4.74 Å². The summed E-state index contributed by atoms with van der Waals surface area (Å²) in [6, 6.07) is 22.3. The molecule has 3 aromatic rings. The van der Waals surface area contributed by atoms with Crippen LogP contribution in [0.3, 0.4) is 0 Å². The minimum atomic E-state index is -0.747. The number of hydrogen-bond donors (Lipinski definition) is 0. The van der Waals surface area contributed by atoms with Gasteiger partial charge in [-0.25, -0.2) is 4.79 Å². The third-order valence-corrected chi connectivity index (χ3v) is 4.58. The summed E-state index contributed by atoms with van der Waals surface area (Å²) in [5.74, 6) is -1.19. The Balaban J connectivity index is 1.98. The van der Waals surface area contributed by atoms with Crippen LogP contribution < -0.4 is 4.90 Å². The molecular formula is C23H20N2O5. The smallest absolute Gasteiger partial charge is 0.338 e. The van der Waals surface area contributed by atoms with Gasteiger partial charge in [0, 0.05) is 29.9 Å². The van der Waals surface area contributed by atoms with Crippen LogP contribution in [0.25, 0.3) is 0 Å². The largest absolute Gasteiger partial charge is 0.465 e. The fraction of sp³-hybridized carbons (Fsp3) is 0.130. The minimum Gasteiger partial charge on any atom is -0.465 e. The number of para-hydroxylation sites is 1. The lowest BCUT2D eigenvalue weighted by Gasteiger charge is -2.23. The highest BCUT2D eigenvalue weighted by atomic mass is 16.6. The maximum atomic E-state index is 13.4. The van der Waals surface area contributed by atoms with E-state index in [0.717, 1.165) is 11.6 Å². The number of benzene rings is 3. The van der Waals surface area contributed by atoms with Gasteiger partial charge in [-0.05, 0) is 30.2 Å². The van der Waals surface area contributed by atoms with E-state index in [1.165, 1.54) is 19.2 Å². The number of amides is 1. The second kappa shape index (κ2) is 9.47. The molecular weight excluding hydrogens is 384 g/mol. The van der Waals surface area contributed by atoms with Gasteiger partial charge in [0.15, 0.2) is 0 Å². The first-order chi connectivity index (χ1) is 14.5. The van der Waals surface area contributed by atoms with Crippen LogP contribution in [0.4, 0.5) is 11.4 Å². The summed E-state index contributed by atoms with van der Waals surface area (Å²) >= 11 is 0. The zero-order chi connectivity index (χ0) is 21.5. The zero-order valence-electron chi connectivity index (χ0n) is 16.4. The van der Waals surface area contributed by atoms with Crippen molar-refractivity contribution in [1.82, 2.24) is 0 Å². The summed E-state index contributed by atoms with van der Waals surface area (Å²) in [6.07, 6.45) is 0.597. The van der Waals surface area contributed by atoms with Gasteiger partial charge in [-0.1, -0.05) is 48.5 Å². The minimum absolute atomic E-state index is 0.0431. The predicted octanol–water partition coefficient (Wildman–Crippen LogP) is 4.27. The number of ether oxygens (including phenoxy) is 1. The number of nitrogens with zero attached hydrogens (tertiary/aromatic N) is 2. The lowest BCUT2D eigenvalue weighted by Crippen LogP contribution is -2.33. The van der Waals surface area contributed by atoms with Crippen molar-refractivity contribution in [2.75, 3.05) is 18.6 Å². The highest BCUT2D eigenvalue weighted by molar-refractivity contribution is 6.07. The Hall–Kier alpha value is -4.00. The number of nitro benzene ring substituents is 1. The van der Waals surface area contributed by atoms with Crippen molar-refractivity contribution in [2.45, 2.75) is 6.42 Å². The first kappa shape index (κ1) is 20.7. The molecule has 1 amide bonds. The average molecular weight is 404 g/mol. The van der Waals surface area contributed by atoms with Crippen molar-refractivity contribution < 1.29 is 19.2 Å². The quantitative estimate of drug-likeness (QED) is 0.333. The molecule has 7 heteroatoms. The molecule has 0 heterocycles. The SMILES string of the molecule is COC(=O)c1cc(C(=O)N(CCc2ccccc2)c2ccccc2)cc([N+](=O)[O-])c1. The van der Waals surface area contributed by atoms with Crippen LogP contribution >= 0.6 is 0 Å². The first-order valence-electron chi connectivity index (χ1n) is 9.28. The lowest BCUT2D eigenvalue weighted by atomic mass is 10.1. The van der Waals surface area contributed by atoms with Crippen LogP contribution in [0.5, 0.6) is 0 Å². The molecule has 3 rings (SSSR count). The number of methoxy groups -OCH3 is 1. The molecule has 0 saturated carbocycles. The molecule has 0 saturated heterocycles. The van der Waals surface area contributed by atoms with Gasteiger partial charge in [-0.3, -0.25) is 14.9 Å². The third-order valence-electron chi connectivity index (χ3n) is 4.58. The second-order valence-electron chi connectivity index (χ2n) is 6.55. The van der Waals surface area contributed by atoms with E-state index < -0.39 is 16.8 Å². The number of carbonyl (C=O) groups excluding carboxylic acids is 2. The van der Waals surface area contributed by atoms with Crippen molar-refractivity contribution >= 4 is 23.3 Å². The average Bonchev–Trinajstić information content (AvgIpc) is 2.79. The van der Waals surface area contributed by atoms with Crippen LogP contribution in [0, 0.1) is 10.1 Å². The van der Waals surface area contributed by atoms with Gasteiger partial charge >= 0.3 is 5.97 Å². The first-order valence-corrected chi connectivity index (χ1v) is 9.28. The van der Waals surface area contributed by atoms with Crippen molar-refractivity contribution in [1.29, 1.82) is 0 Å². The fourth-order valence-corrected chi connectivity index (χ4v) is 3.07. The lowest BCUT2D eigenvalue weighted by molar-refractivity contribution is -0.384. The molecule has 0 aliphatic rings. The Bertz CT molecular complexity index is 1050. The van der Waals surface area contributed by atoms with Gasteiger partial charge in [0.25, 0.3) is 11.6 Å².